The van der Waals surface area contributed by atoms with E-state index in [1.54, 1.807) is 0 Å². The lowest BCUT2D eigenvalue weighted by Crippen LogP contribution is -2.04. The molecule has 2 aromatic carbocycles. The van der Waals surface area contributed by atoms with Crippen LogP contribution in [0.1, 0.15) is 11.5 Å². The van der Waals surface area contributed by atoms with Crippen molar-refractivity contribution in [1.82, 2.24) is 20.3 Å². The second-order valence-corrected chi connectivity index (χ2v) is 6.54. The quantitative estimate of drug-likeness (QED) is 0.428. The Bertz CT molecular complexity index is 1080. The normalized spacial score (nSPS) is 11.7. The van der Waals surface area contributed by atoms with E-state index in [4.69, 9.17) is 8.94 Å². The molecular weight excluding hydrogens is 393 g/mol. The minimum absolute atomic E-state index is 0.0807. The molecule has 0 N–H and O–H groups in total. The molecule has 0 bridgehead atoms. The summed E-state index contributed by atoms with van der Waals surface area (Å²) in [6, 6.07) is 14.1. The van der Waals surface area contributed by atoms with Crippen LogP contribution in [0.25, 0.3) is 22.8 Å². The molecule has 142 valence electrons. The van der Waals surface area contributed by atoms with Gasteiger partial charge in [0.15, 0.2) is 0 Å². The van der Waals surface area contributed by atoms with Crippen LogP contribution in [-0.2, 0) is 11.9 Å². The summed E-state index contributed by atoms with van der Waals surface area (Å²) in [5, 5.41) is 12.0. The second kappa shape index (κ2) is 7.47. The maximum absolute atomic E-state index is 12.8. The van der Waals surface area contributed by atoms with Gasteiger partial charge in [-0.2, -0.15) is 18.2 Å². The number of nitrogens with zero attached hydrogens (tertiary/aromatic N) is 4. The fourth-order valence-corrected chi connectivity index (χ4v) is 2.95. The molecule has 0 aliphatic carbocycles. The monoisotopic (exact) mass is 404 g/mol. The van der Waals surface area contributed by atoms with Gasteiger partial charge in [0.05, 0.1) is 11.3 Å². The van der Waals surface area contributed by atoms with Gasteiger partial charge in [0, 0.05) is 11.1 Å². The lowest BCUT2D eigenvalue weighted by Gasteiger charge is -2.06. The highest BCUT2D eigenvalue weighted by molar-refractivity contribution is 7.98. The molecule has 2 heterocycles. The molecule has 6 nitrogen and oxygen atoms in total. The van der Waals surface area contributed by atoms with Crippen LogP contribution in [0.3, 0.4) is 0 Å². The van der Waals surface area contributed by atoms with Crippen molar-refractivity contribution in [3.05, 3.63) is 66.1 Å². The Balaban J connectivity index is 1.44. The van der Waals surface area contributed by atoms with Gasteiger partial charge in [0.1, 0.15) is 0 Å². The minimum Gasteiger partial charge on any atom is -0.411 e. The van der Waals surface area contributed by atoms with Crippen molar-refractivity contribution >= 4 is 11.8 Å². The van der Waals surface area contributed by atoms with Gasteiger partial charge >= 0.3 is 6.18 Å². The summed E-state index contributed by atoms with van der Waals surface area (Å²) in [4.78, 5) is 4.13. The Labute approximate surface area is 160 Å². The highest BCUT2D eigenvalue weighted by atomic mass is 32.2. The van der Waals surface area contributed by atoms with Crippen LogP contribution in [0.2, 0.25) is 0 Å². The minimum atomic E-state index is -4.44. The van der Waals surface area contributed by atoms with Gasteiger partial charge in [0.25, 0.3) is 5.22 Å². The first kappa shape index (κ1) is 18.2. The van der Waals surface area contributed by atoms with E-state index >= 15 is 0 Å². The Kier molecular flexibility index (Phi) is 4.86. The lowest BCUT2D eigenvalue weighted by atomic mass is 10.1. The van der Waals surface area contributed by atoms with Crippen LogP contribution in [0.4, 0.5) is 13.2 Å². The zero-order valence-corrected chi connectivity index (χ0v) is 14.9. The van der Waals surface area contributed by atoms with Gasteiger partial charge in [-0.25, -0.2) is 0 Å². The number of alkyl halides is 3. The van der Waals surface area contributed by atoms with Gasteiger partial charge in [-0.3, -0.25) is 0 Å². The molecule has 0 saturated carbocycles. The fraction of sp³-hybridized carbons (Fsp3) is 0.111. The molecule has 0 atom stereocenters. The van der Waals surface area contributed by atoms with E-state index in [0.717, 1.165) is 17.7 Å². The zero-order chi connectivity index (χ0) is 19.6. The first-order valence-electron chi connectivity index (χ1n) is 8.01. The van der Waals surface area contributed by atoms with Crippen molar-refractivity contribution < 1.29 is 22.1 Å². The lowest BCUT2D eigenvalue weighted by molar-refractivity contribution is -0.137. The Hall–Kier alpha value is -3.14. The van der Waals surface area contributed by atoms with Gasteiger partial charge < -0.3 is 8.94 Å². The molecule has 28 heavy (non-hydrogen) atoms. The van der Waals surface area contributed by atoms with Gasteiger partial charge in [-0.05, 0) is 24.3 Å². The SMILES string of the molecule is FC(F)(F)c1cccc(-c2noc(CSc3nnc(-c4ccccc4)o3)n2)c1. The molecule has 2 aromatic heterocycles. The van der Waals surface area contributed by atoms with Crippen LogP contribution in [-0.4, -0.2) is 20.3 Å². The third-order valence-electron chi connectivity index (χ3n) is 3.66. The maximum Gasteiger partial charge on any atom is 0.416 e. The first-order valence-corrected chi connectivity index (χ1v) is 8.99. The summed E-state index contributed by atoms with van der Waals surface area (Å²) in [5.74, 6) is 0.940. The number of rotatable bonds is 5. The van der Waals surface area contributed by atoms with Crippen LogP contribution in [0.15, 0.2) is 68.8 Å². The molecule has 4 rings (SSSR count). The second-order valence-electron chi connectivity index (χ2n) is 5.62. The molecule has 0 unspecified atom stereocenters. The summed E-state index contributed by atoms with van der Waals surface area (Å²) < 4.78 is 49.2. The molecule has 0 fully saturated rings. The van der Waals surface area contributed by atoms with E-state index in [1.165, 1.54) is 23.9 Å². The molecule has 0 spiro atoms. The van der Waals surface area contributed by atoms with Crippen molar-refractivity contribution in [1.29, 1.82) is 0 Å². The van der Waals surface area contributed by atoms with Crippen molar-refractivity contribution in [2.45, 2.75) is 17.2 Å². The molecular formula is C18H11F3N4O2S. The van der Waals surface area contributed by atoms with Crippen LogP contribution >= 0.6 is 11.8 Å². The largest absolute Gasteiger partial charge is 0.416 e. The Morgan fingerprint density at radius 3 is 2.50 bits per heavy atom. The third-order valence-corrected chi connectivity index (χ3v) is 4.47. The summed E-state index contributed by atoms with van der Waals surface area (Å²) in [6.45, 7) is 0. The molecule has 0 saturated heterocycles. The van der Waals surface area contributed by atoms with E-state index in [9.17, 15) is 13.2 Å². The molecule has 4 aromatic rings. The highest BCUT2D eigenvalue weighted by Gasteiger charge is 2.30. The van der Waals surface area contributed by atoms with E-state index in [1.807, 2.05) is 30.3 Å². The van der Waals surface area contributed by atoms with Crippen molar-refractivity contribution in [2.24, 2.45) is 0 Å². The Morgan fingerprint density at radius 1 is 0.929 bits per heavy atom. The standard InChI is InChI=1S/C18H11F3N4O2S/c19-18(20,21)13-8-4-7-12(9-13)15-22-14(27-25-15)10-28-17-24-23-16(26-17)11-5-2-1-3-6-11/h1-9H,10H2. The highest BCUT2D eigenvalue weighted by Crippen LogP contribution is 2.32. The summed E-state index contributed by atoms with van der Waals surface area (Å²) in [6.07, 6.45) is -4.44. The zero-order valence-electron chi connectivity index (χ0n) is 14.1. The van der Waals surface area contributed by atoms with Crippen molar-refractivity contribution in [3.63, 3.8) is 0 Å². The summed E-state index contributed by atoms with van der Waals surface area (Å²) in [5.41, 5.74) is 0.246. The molecule has 0 aliphatic heterocycles. The number of aromatic nitrogens is 4. The van der Waals surface area contributed by atoms with E-state index < -0.39 is 11.7 Å². The van der Waals surface area contributed by atoms with Gasteiger partial charge in [0.2, 0.25) is 17.6 Å². The van der Waals surface area contributed by atoms with Crippen LogP contribution in [0, 0.1) is 0 Å². The predicted octanol–water partition coefficient (Wildman–Crippen LogP) is 5.10. The summed E-state index contributed by atoms with van der Waals surface area (Å²) in [7, 11) is 0. The maximum atomic E-state index is 12.8. The average Bonchev–Trinajstić information content (AvgIpc) is 3.36. The van der Waals surface area contributed by atoms with Gasteiger partial charge in [-0.15, -0.1) is 10.2 Å². The van der Waals surface area contributed by atoms with Gasteiger partial charge in [-0.1, -0.05) is 47.3 Å². The van der Waals surface area contributed by atoms with Crippen LogP contribution < -0.4 is 0 Å². The first-order chi connectivity index (χ1) is 13.5. The topological polar surface area (TPSA) is 77.8 Å². The van der Waals surface area contributed by atoms with E-state index in [2.05, 4.69) is 20.3 Å². The predicted molar refractivity (Wildman–Crippen MR) is 94.0 cm³/mol. The number of hydrogen-bond acceptors (Lipinski definition) is 7. The van der Waals surface area contributed by atoms with Crippen LogP contribution in [0.5, 0.6) is 0 Å². The average molecular weight is 404 g/mol. The number of halogens is 3. The van der Waals surface area contributed by atoms with Crippen molar-refractivity contribution in [3.8, 4) is 22.8 Å². The number of benzene rings is 2. The van der Waals surface area contributed by atoms with E-state index in [-0.39, 0.29) is 23.0 Å². The summed E-state index contributed by atoms with van der Waals surface area (Å²) >= 11 is 1.19. The third kappa shape index (κ3) is 4.06. The molecule has 0 radical (unpaired) electrons. The number of hydrogen-bond donors (Lipinski definition) is 0. The molecule has 10 heteroatoms. The fourth-order valence-electron chi connectivity index (χ4n) is 2.35. The Morgan fingerprint density at radius 2 is 1.71 bits per heavy atom. The molecule has 0 aliphatic rings. The smallest absolute Gasteiger partial charge is 0.411 e. The van der Waals surface area contributed by atoms with Crippen molar-refractivity contribution in [2.75, 3.05) is 0 Å². The molecule has 0 amide bonds. The number of thioether (sulfide) groups is 1. The van der Waals surface area contributed by atoms with E-state index in [0.29, 0.717) is 11.1 Å².